The molecule has 15 nitrogen and oxygen atoms in total. The van der Waals surface area contributed by atoms with E-state index in [-0.39, 0.29) is 58.8 Å². The molecule has 1 aliphatic heterocycles. The summed E-state index contributed by atoms with van der Waals surface area (Å²) in [6, 6.07) is 7.36. The second-order valence-electron chi connectivity index (χ2n) is 12.6. The zero-order valence-corrected chi connectivity index (χ0v) is 30.6. The molecule has 6 atom stereocenters. The highest BCUT2D eigenvalue weighted by Gasteiger charge is 2.47. The first-order chi connectivity index (χ1) is 24.0. The van der Waals surface area contributed by atoms with Crippen LogP contribution in [-0.4, -0.2) is 102 Å². The minimum absolute atomic E-state index is 0.00324. The Kier molecular flexibility index (Phi) is 15.3. The summed E-state index contributed by atoms with van der Waals surface area (Å²) in [7, 11) is 2.43. The summed E-state index contributed by atoms with van der Waals surface area (Å²) in [5.41, 5.74) is 0.909. The first-order valence-electron chi connectivity index (χ1n) is 15.9. The van der Waals surface area contributed by atoms with Crippen molar-refractivity contribution in [1.29, 1.82) is 0 Å². The van der Waals surface area contributed by atoms with Gasteiger partial charge in [-0.05, 0) is 56.9 Å². The number of benzene rings is 2. The Balaban J connectivity index is 1.59. The fourth-order valence-electron chi connectivity index (χ4n) is 4.99. The van der Waals surface area contributed by atoms with E-state index in [4.69, 9.17) is 51.6 Å². The molecule has 2 amide bonds. The topological polar surface area (TPSA) is 208 Å². The Morgan fingerprint density at radius 1 is 1.04 bits per heavy atom. The highest BCUT2D eigenvalue weighted by atomic mass is 35.5. The average Bonchev–Trinajstić information content (AvgIpc) is 3.08. The summed E-state index contributed by atoms with van der Waals surface area (Å²) in [5.74, 6) is -1.90. The summed E-state index contributed by atoms with van der Waals surface area (Å²) >= 11 is 13.0. The van der Waals surface area contributed by atoms with Gasteiger partial charge in [0.2, 0.25) is 5.91 Å². The first-order valence-corrected chi connectivity index (χ1v) is 16.6. The monoisotopic (exact) mass is 758 g/mol. The van der Waals surface area contributed by atoms with E-state index < -0.39 is 67.0 Å². The Bertz CT molecular complexity index is 1550. The number of aliphatic hydroxyl groups excluding tert-OH is 3. The maximum Gasteiger partial charge on any atom is 0.408 e. The van der Waals surface area contributed by atoms with Crippen LogP contribution in [0.4, 0.5) is 4.79 Å². The normalized spacial score (nSPS) is 20.9. The molecule has 1 fully saturated rings. The van der Waals surface area contributed by atoms with Gasteiger partial charge in [0, 0.05) is 20.1 Å². The molecule has 3 rings (SSSR count). The molecule has 1 saturated heterocycles. The first kappa shape index (κ1) is 41.7. The number of methoxy groups -OCH3 is 2. The fraction of sp³-hybridized carbons (Fsp3) is 0.529. The lowest BCUT2D eigenvalue weighted by Crippen LogP contribution is -2.60. The molecule has 51 heavy (non-hydrogen) atoms. The van der Waals surface area contributed by atoms with Crippen molar-refractivity contribution >= 4 is 47.1 Å². The van der Waals surface area contributed by atoms with Crippen molar-refractivity contribution < 1.29 is 62.9 Å². The molecule has 0 spiro atoms. The number of hydrogen-bond donors (Lipinski definition) is 5. The third kappa shape index (κ3) is 11.7. The van der Waals surface area contributed by atoms with Crippen molar-refractivity contribution in [2.75, 3.05) is 20.8 Å². The number of rotatable bonds is 14. The van der Waals surface area contributed by atoms with Gasteiger partial charge in [0.1, 0.15) is 36.6 Å². The van der Waals surface area contributed by atoms with E-state index in [0.717, 1.165) is 5.56 Å². The van der Waals surface area contributed by atoms with Gasteiger partial charge < -0.3 is 54.4 Å². The number of nitrogens with one attached hydrogen (secondary N) is 2. The molecule has 5 N–H and O–H groups in total. The fourth-order valence-corrected chi connectivity index (χ4v) is 5.55. The van der Waals surface area contributed by atoms with E-state index in [1.54, 1.807) is 52.0 Å². The van der Waals surface area contributed by atoms with Gasteiger partial charge in [-0.25, -0.2) is 14.4 Å². The molecular weight excluding hydrogens is 715 g/mol. The van der Waals surface area contributed by atoms with Gasteiger partial charge in [-0.2, -0.15) is 0 Å². The van der Waals surface area contributed by atoms with Crippen molar-refractivity contribution in [1.82, 2.24) is 10.6 Å². The largest absolute Gasteiger partial charge is 0.486 e. The number of alkyl carbamates (subject to hydrolysis) is 1. The van der Waals surface area contributed by atoms with Crippen molar-refractivity contribution in [2.24, 2.45) is 0 Å². The number of ether oxygens (including phenoxy) is 6. The minimum atomic E-state index is -1.62. The van der Waals surface area contributed by atoms with Crippen LogP contribution in [0.5, 0.6) is 5.75 Å². The number of hydrogen-bond acceptors (Lipinski definition) is 13. The van der Waals surface area contributed by atoms with Crippen molar-refractivity contribution in [2.45, 2.75) is 96.0 Å². The van der Waals surface area contributed by atoms with Crippen LogP contribution in [0.3, 0.4) is 0 Å². The molecule has 282 valence electrons. The molecule has 0 saturated carbocycles. The van der Waals surface area contributed by atoms with Gasteiger partial charge in [0.25, 0.3) is 0 Å². The third-order valence-electron chi connectivity index (χ3n) is 7.64. The number of amides is 2. The van der Waals surface area contributed by atoms with Crippen LogP contribution in [0.25, 0.3) is 0 Å². The lowest BCUT2D eigenvalue weighted by molar-refractivity contribution is -0.293. The number of halogens is 2. The summed E-state index contributed by atoms with van der Waals surface area (Å²) in [6.45, 7) is 6.18. The van der Waals surface area contributed by atoms with E-state index in [1.807, 2.05) is 0 Å². The predicted molar refractivity (Wildman–Crippen MR) is 182 cm³/mol. The molecule has 0 unspecified atom stereocenters. The van der Waals surface area contributed by atoms with E-state index in [1.165, 1.54) is 20.3 Å². The average molecular weight is 760 g/mol. The molecule has 1 aliphatic rings. The zero-order valence-electron chi connectivity index (χ0n) is 29.1. The van der Waals surface area contributed by atoms with Crippen LogP contribution in [0.15, 0.2) is 30.3 Å². The Morgan fingerprint density at radius 2 is 1.73 bits per heavy atom. The molecule has 0 aliphatic carbocycles. The van der Waals surface area contributed by atoms with Gasteiger partial charge in [0.05, 0.1) is 29.3 Å². The Morgan fingerprint density at radius 3 is 2.35 bits per heavy atom. The number of aliphatic hydroxyl groups is 3. The maximum atomic E-state index is 13.1. The lowest BCUT2D eigenvalue weighted by atomic mass is 9.99. The molecular formula is C34H44Cl2N2O13. The van der Waals surface area contributed by atoms with Gasteiger partial charge in [-0.15, -0.1) is 0 Å². The SMILES string of the molecule is COC(=O)[C@H](CCC(=O)NCc1cccc(COc2c(Cl)cc(C(=O)O[C@H]3[C@@H](OC)O[C@H](CO)[C@@H](O)[C@@H]3O)c(C)c2Cl)c1)NC(=O)OC(C)(C)C. The molecule has 2 aromatic rings. The zero-order chi connectivity index (χ0) is 38.0. The van der Waals surface area contributed by atoms with Gasteiger partial charge in [-0.3, -0.25) is 4.79 Å². The third-order valence-corrected chi connectivity index (χ3v) is 8.38. The second-order valence-corrected chi connectivity index (χ2v) is 13.4. The standard InChI is InChI=1S/C34H44Cl2N2O13/c1-17-20(30(43)50-29-27(42)26(41)23(15-39)49-32(29)47-6)13-21(35)28(25(17)36)48-16-19-9-7-8-18(12-19)14-37-24(40)11-10-22(31(44)46-5)38-33(45)51-34(2,3)4/h7-9,12-13,22-23,26-27,29,32,39,41-42H,10-11,14-16H2,1-6H3,(H,37,40)(H,38,45)/t22-,23+,26+,27-,29+,32-/m0/s1. The highest BCUT2D eigenvalue weighted by molar-refractivity contribution is 6.38. The van der Waals surface area contributed by atoms with Crippen LogP contribution in [-0.2, 0) is 46.4 Å². The lowest BCUT2D eigenvalue weighted by Gasteiger charge is -2.40. The molecule has 2 aromatic carbocycles. The summed E-state index contributed by atoms with van der Waals surface area (Å²) in [4.78, 5) is 50.0. The maximum absolute atomic E-state index is 13.1. The van der Waals surface area contributed by atoms with Crippen molar-refractivity contribution in [3.8, 4) is 5.75 Å². The highest BCUT2D eigenvalue weighted by Crippen LogP contribution is 2.39. The minimum Gasteiger partial charge on any atom is -0.486 e. The van der Waals surface area contributed by atoms with E-state index in [0.29, 0.717) is 5.56 Å². The van der Waals surface area contributed by atoms with E-state index in [2.05, 4.69) is 10.6 Å². The molecule has 1 heterocycles. The predicted octanol–water partition coefficient (Wildman–Crippen LogP) is 2.95. The number of carbonyl (C=O) groups excluding carboxylic acids is 4. The summed E-state index contributed by atoms with van der Waals surface area (Å²) < 4.78 is 31.8. The van der Waals surface area contributed by atoms with Crippen LogP contribution in [0, 0.1) is 6.92 Å². The summed E-state index contributed by atoms with van der Waals surface area (Å²) in [6.07, 6.45) is -7.89. The molecule has 0 aromatic heterocycles. The Hall–Kier alpha value is -3.70. The van der Waals surface area contributed by atoms with E-state index >= 15 is 0 Å². The second kappa shape index (κ2) is 18.7. The Labute approximate surface area is 305 Å². The van der Waals surface area contributed by atoms with Gasteiger partial charge in [0.15, 0.2) is 18.1 Å². The van der Waals surface area contributed by atoms with Crippen molar-refractivity contribution in [3.63, 3.8) is 0 Å². The van der Waals surface area contributed by atoms with Crippen LogP contribution in [0.2, 0.25) is 10.0 Å². The van der Waals surface area contributed by atoms with Crippen LogP contribution >= 0.6 is 23.2 Å². The van der Waals surface area contributed by atoms with Crippen LogP contribution in [0.1, 0.15) is 60.7 Å². The quantitative estimate of drug-likeness (QED) is 0.139. The van der Waals surface area contributed by atoms with Crippen molar-refractivity contribution in [3.05, 3.63) is 62.6 Å². The molecule has 0 radical (unpaired) electrons. The molecule has 17 heteroatoms. The number of carbonyl (C=O) groups is 4. The number of esters is 2. The summed E-state index contributed by atoms with van der Waals surface area (Å²) in [5, 5.41) is 35.4. The van der Waals surface area contributed by atoms with Gasteiger partial charge >= 0.3 is 18.0 Å². The molecule has 0 bridgehead atoms. The van der Waals surface area contributed by atoms with Gasteiger partial charge in [-0.1, -0.05) is 47.5 Å². The van der Waals surface area contributed by atoms with E-state index in [9.17, 15) is 34.5 Å². The van der Waals surface area contributed by atoms with Crippen LogP contribution < -0.4 is 15.4 Å². The smallest absolute Gasteiger partial charge is 0.408 e.